The van der Waals surface area contributed by atoms with Crippen LogP contribution in [0.2, 0.25) is 0 Å². The van der Waals surface area contributed by atoms with Crippen LogP contribution in [0.25, 0.3) is 0 Å². The molecule has 0 aliphatic rings. The van der Waals surface area contributed by atoms with E-state index in [1.54, 1.807) is 0 Å². The summed E-state index contributed by atoms with van der Waals surface area (Å²) >= 11 is 0. The van der Waals surface area contributed by atoms with Crippen molar-refractivity contribution < 1.29 is 9.59 Å². The molecule has 0 saturated heterocycles. The molecule has 0 atom stereocenters. The average molecular weight is 216 g/mol. The summed E-state index contributed by atoms with van der Waals surface area (Å²) in [6.45, 7) is 4.53. The highest BCUT2D eigenvalue weighted by atomic mass is 16.1. The average Bonchev–Trinajstić information content (AvgIpc) is 2.26. The zero-order valence-corrected chi connectivity index (χ0v) is 9.28. The van der Waals surface area contributed by atoms with Crippen LogP contribution in [-0.4, -0.2) is 12.2 Å². The number of aliphatic imine (C=N–C) groups is 2. The van der Waals surface area contributed by atoms with E-state index in [-0.39, 0.29) is 0 Å². The fraction of sp³-hybridized carbons (Fsp3) is 0.333. The van der Waals surface area contributed by atoms with Gasteiger partial charge in [0.05, 0.1) is 13.1 Å². The minimum absolute atomic E-state index is 0.313. The first-order valence-corrected chi connectivity index (χ1v) is 4.85. The van der Waals surface area contributed by atoms with Crippen LogP contribution in [0.5, 0.6) is 0 Å². The lowest BCUT2D eigenvalue weighted by molar-refractivity contribution is 0.562. The standard InChI is InChI=1S/C12H12N2O2/c1-9-3-10(2)12(6-14-8-16)4-11(9)5-13-7-15/h3-4H,5-6H2,1-2H3. The van der Waals surface area contributed by atoms with Crippen molar-refractivity contribution in [1.29, 1.82) is 0 Å². The third kappa shape index (κ3) is 2.99. The zero-order chi connectivity index (χ0) is 12.0. The van der Waals surface area contributed by atoms with Crippen LogP contribution in [0.3, 0.4) is 0 Å². The first-order valence-electron chi connectivity index (χ1n) is 4.85. The van der Waals surface area contributed by atoms with E-state index in [0.29, 0.717) is 13.1 Å². The van der Waals surface area contributed by atoms with E-state index in [1.165, 1.54) is 12.2 Å². The molecule has 0 aliphatic carbocycles. The van der Waals surface area contributed by atoms with Crippen LogP contribution in [0.15, 0.2) is 22.1 Å². The minimum atomic E-state index is 0.313. The lowest BCUT2D eigenvalue weighted by Crippen LogP contribution is -1.95. The summed E-state index contributed by atoms with van der Waals surface area (Å²) in [6, 6.07) is 3.90. The Morgan fingerprint density at radius 1 is 0.938 bits per heavy atom. The quantitative estimate of drug-likeness (QED) is 0.570. The van der Waals surface area contributed by atoms with Crippen LogP contribution in [-0.2, 0) is 22.7 Å². The lowest BCUT2D eigenvalue weighted by Gasteiger charge is -2.08. The maximum absolute atomic E-state index is 10.1. The van der Waals surface area contributed by atoms with E-state index < -0.39 is 0 Å². The van der Waals surface area contributed by atoms with Gasteiger partial charge in [0, 0.05) is 0 Å². The van der Waals surface area contributed by atoms with Gasteiger partial charge >= 0.3 is 0 Å². The van der Waals surface area contributed by atoms with Gasteiger partial charge in [-0.15, -0.1) is 0 Å². The molecule has 1 aromatic carbocycles. The summed E-state index contributed by atoms with van der Waals surface area (Å²) in [5, 5.41) is 0. The van der Waals surface area contributed by atoms with Crippen molar-refractivity contribution in [2.75, 3.05) is 0 Å². The Balaban J connectivity index is 3.09. The Hall–Kier alpha value is -2.02. The fourth-order valence-corrected chi connectivity index (χ4v) is 1.52. The third-order valence-corrected chi connectivity index (χ3v) is 2.42. The second kappa shape index (κ2) is 5.76. The SMILES string of the molecule is Cc1cc(C)c(CN=C=O)cc1CN=C=O. The van der Waals surface area contributed by atoms with Gasteiger partial charge in [0.25, 0.3) is 0 Å². The second-order valence-corrected chi connectivity index (χ2v) is 3.52. The van der Waals surface area contributed by atoms with Gasteiger partial charge in [-0.3, -0.25) is 0 Å². The van der Waals surface area contributed by atoms with Crippen LogP contribution >= 0.6 is 0 Å². The van der Waals surface area contributed by atoms with Gasteiger partial charge in [-0.05, 0) is 36.1 Å². The van der Waals surface area contributed by atoms with E-state index in [4.69, 9.17) is 0 Å². The van der Waals surface area contributed by atoms with Crippen molar-refractivity contribution in [3.63, 3.8) is 0 Å². The maximum atomic E-state index is 10.1. The van der Waals surface area contributed by atoms with E-state index >= 15 is 0 Å². The molecule has 0 radical (unpaired) electrons. The van der Waals surface area contributed by atoms with Crippen molar-refractivity contribution in [1.82, 2.24) is 0 Å². The molecule has 1 aromatic rings. The number of aryl methyl sites for hydroxylation is 2. The van der Waals surface area contributed by atoms with Gasteiger partial charge < -0.3 is 0 Å². The van der Waals surface area contributed by atoms with Gasteiger partial charge in [-0.2, -0.15) is 0 Å². The van der Waals surface area contributed by atoms with Crippen molar-refractivity contribution in [3.8, 4) is 0 Å². The highest BCUT2D eigenvalue weighted by Gasteiger charge is 2.03. The van der Waals surface area contributed by atoms with Crippen LogP contribution in [0.4, 0.5) is 0 Å². The van der Waals surface area contributed by atoms with Crippen molar-refractivity contribution in [2.24, 2.45) is 9.98 Å². The van der Waals surface area contributed by atoms with E-state index in [2.05, 4.69) is 9.98 Å². The van der Waals surface area contributed by atoms with Crippen molar-refractivity contribution in [2.45, 2.75) is 26.9 Å². The van der Waals surface area contributed by atoms with Crippen LogP contribution in [0.1, 0.15) is 22.3 Å². The molecule has 0 amide bonds. The fourth-order valence-electron chi connectivity index (χ4n) is 1.52. The molecule has 16 heavy (non-hydrogen) atoms. The molecule has 0 N–H and O–H groups in total. The number of hydrogen-bond donors (Lipinski definition) is 0. The summed E-state index contributed by atoms with van der Waals surface area (Å²) in [4.78, 5) is 27.2. The molecular weight excluding hydrogens is 204 g/mol. The Kier molecular flexibility index (Phi) is 4.34. The zero-order valence-electron chi connectivity index (χ0n) is 9.28. The molecule has 0 unspecified atom stereocenters. The molecule has 4 heteroatoms. The summed E-state index contributed by atoms with van der Waals surface area (Å²) in [5.41, 5.74) is 4.03. The summed E-state index contributed by atoms with van der Waals surface area (Å²) in [7, 11) is 0. The highest BCUT2D eigenvalue weighted by Crippen LogP contribution is 2.17. The Labute approximate surface area is 93.7 Å². The molecule has 0 fully saturated rings. The van der Waals surface area contributed by atoms with Crippen molar-refractivity contribution in [3.05, 3.63) is 34.4 Å². The van der Waals surface area contributed by atoms with E-state index in [0.717, 1.165) is 22.3 Å². The lowest BCUT2D eigenvalue weighted by atomic mass is 10.00. The van der Waals surface area contributed by atoms with Gasteiger partial charge in [-0.1, -0.05) is 12.1 Å². The van der Waals surface area contributed by atoms with E-state index in [1.807, 2.05) is 26.0 Å². The molecule has 82 valence electrons. The normalized spacial score (nSPS) is 9.12. The topological polar surface area (TPSA) is 58.9 Å². The number of benzene rings is 1. The van der Waals surface area contributed by atoms with Gasteiger partial charge in [0.15, 0.2) is 0 Å². The monoisotopic (exact) mass is 216 g/mol. The largest absolute Gasteiger partial charge is 0.235 e. The third-order valence-electron chi connectivity index (χ3n) is 2.42. The Morgan fingerprint density at radius 2 is 1.38 bits per heavy atom. The van der Waals surface area contributed by atoms with Crippen molar-refractivity contribution >= 4 is 12.2 Å². The highest BCUT2D eigenvalue weighted by molar-refractivity contribution is 5.40. The molecule has 0 saturated carbocycles. The predicted molar refractivity (Wildman–Crippen MR) is 59.6 cm³/mol. The molecule has 0 aliphatic heterocycles. The maximum Gasteiger partial charge on any atom is 0.235 e. The number of carbonyl (C=O) groups excluding carboxylic acids is 2. The molecule has 0 bridgehead atoms. The van der Waals surface area contributed by atoms with Crippen LogP contribution < -0.4 is 0 Å². The number of rotatable bonds is 4. The van der Waals surface area contributed by atoms with Gasteiger partial charge in [0.1, 0.15) is 0 Å². The molecule has 0 heterocycles. The number of isocyanates is 2. The smallest absolute Gasteiger partial charge is 0.211 e. The molecular formula is C12H12N2O2. The van der Waals surface area contributed by atoms with E-state index in [9.17, 15) is 9.59 Å². The number of hydrogen-bond acceptors (Lipinski definition) is 4. The second-order valence-electron chi connectivity index (χ2n) is 3.52. The molecule has 4 nitrogen and oxygen atoms in total. The Morgan fingerprint density at radius 3 is 1.75 bits per heavy atom. The minimum Gasteiger partial charge on any atom is -0.211 e. The summed E-state index contributed by atoms with van der Waals surface area (Å²) < 4.78 is 0. The van der Waals surface area contributed by atoms with Crippen LogP contribution in [0, 0.1) is 13.8 Å². The van der Waals surface area contributed by atoms with Gasteiger partial charge in [-0.25, -0.2) is 19.6 Å². The molecule has 1 rings (SSSR count). The summed E-state index contributed by atoms with van der Waals surface area (Å²) in [6.07, 6.45) is 3.02. The molecule has 0 spiro atoms. The first kappa shape index (κ1) is 12.1. The number of nitrogens with zero attached hydrogens (tertiary/aromatic N) is 2. The first-order chi connectivity index (χ1) is 7.69. The Bertz CT molecular complexity index is 441. The molecule has 0 aromatic heterocycles. The van der Waals surface area contributed by atoms with Gasteiger partial charge in [0.2, 0.25) is 12.2 Å². The predicted octanol–water partition coefficient (Wildman–Crippen LogP) is 1.98. The summed E-state index contributed by atoms with van der Waals surface area (Å²) in [5.74, 6) is 0.